The number of thioether (sulfide) groups is 1. The molecule has 2 aromatic carbocycles. The predicted molar refractivity (Wildman–Crippen MR) is 131 cm³/mol. The fourth-order valence-corrected chi connectivity index (χ4v) is 4.25. The second kappa shape index (κ2) is 12.6. The molecule has 0 radical (unpaired) electrons. The van der Waals surface area contributed by atoms with E-state index < -0.39 is 6.04 Å². The van der Waals surface area contributed by atoms with Gasteiger partial charge in [0.2, 0.25) is 11.8 Å². The van der Waals surface area contributed by atoms with Crippen LogP contribution in [-0.4, -0.2) is 34.6 Å². The second-order valence-corrected chi connectivity index (χ2v) is 9.75. The van der Waals surface area contributed by atoms with E-state index in [1.807, 2.05) is 38.1 Å². The molecule has 0 aliphatic carbocycles. The van der Waals surface area contributed by atoms with Gasteiger partial charge in [-0.15, -0.1) is 11.8 Å². The Morgan fingerprint density at radius 3 is 2.29 bits per heavy atom. The third-order valence-electron chi connectivity index (χ3n) is 4.92. The van der Waals surface area contributed by atoms with Gasteiger partial charge >= 0.3 is 0 Å². The molecule has 2 rings (SSSR count). The van der Waals surface area contributed by atoms with Crippen LogP contribution in [0.2, 0.25) is 15.1 Å². The zero-order chi connectivity index (χ0) is 23.0. The van der Waals surface area contributed by atoms with Crippen LogP contribution in [0.4, 0.5) is 0 Å². The topological polar surface area (TPSA) is 49.4 Å². The molecule has 0 saturated carbocycles. The van der Waals surface area contributed by atoms with Gasteiger partial charge in [-0.1, -0.05) is 47.8 Å². The lowest BCUT2D eigenvalue weighted by atomic mass is 10.1. The van der Waals surface area contributed by atoms with Crippen molar-refractivity contribution in [3.8, 4) is 0 Å². The maximum absolute atomic E-state index is 13.1. The average Bonchev–Trinajstić information content (AvgIpc) is 2.73. The minimum atomic E-state index is -0.631. The van der Waals surface area contributed by atoms with Crippen LogP contribution in [0.25, 0.3) is 0 Å². The van der Waals surface area contributed by atoms with Crippen molar-refractivity contribution in [3.63, 3.8) is 0 Å². The Labute approximate surface area is 203 Å². The van der Waals surface area contributed by atoms with Gasteiger partial charge < -0.3 is 10.2 Å². The fourth-order valence-electron chi connectivity index (χ4n) is 2.81. The first-order valence-corrected chi connectivity index (χ1v) is 12.2. The molecule has 8 heteroatoms. The van der Waals surface area contributed by atoms with Gasteiger partial charge in [0.05, 0.1) is 0 Å². The highest BCUT2D eigenvalue weighted by atomic mass is 35.5. The van der Waals surface area contributed by atoms with Crippen molar-refractivity contribution in [2.75, 3.05) is 5.75 Å². The highest BCUT2D eigenvalue weighted by Gasteiger charge is 2.27. The van der Waals surface area contributed by atoms with Gasteiger partial charge in [0.25, 0.3) is 0 Å². The summed E-state index contributed by atoms with van der Waals surface area (Å²) in [7, 11) is 0. The van der Waals surface area contributed by atoms with Crippen LogP contribution in [0, 0.1) is 0 Å². The molecule has 2 atom stereocenters. The minimum absolute atomic E-state index is 0.0338. The van der Waals surface area contributed by atoms with Crippen molar-refractivity contribution in [3.05, 3.63) is 63.1 Å². The van der Waals surface area contributed by atoms with Crippen molar-refractivity contribution in [1.82, 2.24) is 10.2 Å². The summed E-state index contributed by atoms with van der Waals surface area (Å²) in [4.78, 5) is 28.5. The molecule has 0 spiro atoms. The summed E-state index contributed by atoms with van der Waals surface area (Å²) < 4.78 is 0. The third kappa shape index (κ3) is 8.23. The predicted octanol–water partition coefficient (Wildman–Crippen LogP) is 6.46. The van der Waals surface area contributed by atoms with Crippen molar-refractivity contribution in [2.45, 2.75) is 57.1 Å². The van der Waals surface area contributed by atoms with E-state index in [-0.39, 0.29) is 24.4 Å². The second-order valence-electron chi connectivity index (χ2n) is 7.30. The highest BCUT2D eigenvalue weighted by Crippen LogP contribution is 2.25. The molecule has 0 aliphatic rings. The largest absolute Gasteiger partial charge is 0.352 e. The summed E-state index contributed by atoms with van der Waals surface area (Å²) in [6.07, 6.45) is 1.10. The molecule has 4 nitrogen and oxygen atoms in total. The van der Waals surface area contributed by atoms with Crippen LogP contribution < -0.4 is 5.32 Å². The van der Waals surface area contributed by atoms with Gasteiger partial charge in [0.1, 0.15) is 6.04 Å². The SMILES string of the molecule is CC[C@H](C)NC(=O)[C@@H](C)N(Cc1ccc(Cl)cc1Cl)C(=O)CCSc1ccc(Cl)cc1. The van der Waals surface area contributed by atoms with E-state index in [0.29, 0.717) is 27.2 Å². The van der Waals surface area contributed by atoms with E-state index in [2.05, 4.69) is 5.32 Å². The van der Waals surface area contributed by atoms with Gasteiger partial charge in [-0.3, -0.25) is 9.59 Å². The number of hydrogen-bond acceptors (Lipinski definition) is 3. The van der Waals surface area contributed by atoms with E-state index >= 15 is 0 Å². The number of halogens is 3. The Kier molecular flexibility index (Phi) is 10.5. The summed E-state index contributed by atoms with van der Waals surface area (Å²) in [5, 5.41) is 4.62. The maximum Gasteiger partial charge on any atom is 0.242 e. The Bertz CT molecular complexity index is 893. The molecule has 0 fully saturated rings. The molecule has 0 aromatic heterocycles. The maximum atomic E-state index is 13.1. The number of carbonyl (C=O) groups is 2. The van der Waals surface area contributed by atoms with E-state index in [4.69, 9.17) is 34.8 Å². The number of benzene rings is 2. The first kappa shape index (κ1) is 25.9. The number of amides is 2. The van der Waals surface area contributed by atoms with Crippen LogP contribution in [0.1, 0.15) is 39.2 Å². The molecular weight excluding hydrogens is 475 g/mol. The smallest absolute Gasteiger partial charge is 0.242 e. The van der Waals surface area contributed by atoms with Crippen molar-refractivity contribution in [1.29, 1.82) is 0 Å². The summed E-state index contributed by atoms with van der Waals surface area (Å²) in [6.45, 7) is 5.91. The zero-order valence-electron chi connectivity index (χ0n) is 17.8. The normalized spacial score (nSPS) is 12.8. The van der Waals surface area contributed by atoms with E-state index in [1.54, 1.807) is 41.8 Å². The molecule has 168 valence electrons. The van der Waals surface area contributed by atoms with Gasteiger partial charge in [-0.2, -0.15) is 0 Å². The van der Waals surface area contributed by atoms with E-state index in [9.17, 15) is 9.59 Å². The number of hydrogen-bond donors (Lipinski definition) is 1. The Balaban J connectivity index is 2.11. The molecule has 0 heterocycles. The van der Waals surface area contributed by atoms with Gasteiger partial charge in [0.15, 0.2) is 0 Å². The first-order chi connectivity index (χ1) is 14.7. The molecule has 0 saturated heterocycles. The molecule has 31 heavy (non-hydrogen) atoms. The Morgan fingerprint density at radius 1 is 1.03 bits per heavy atom. The lowest BCUT2D eigenvalue weighted by Gasteiger charge is -2.30. The van der Waals surface area contributed by atoms with Crippen LogP contribution >= 0.6 is 46.6 Å². The standard InChI is InChI=1S/C23H27Cl3N2O2S/c1-4-15(2)27-23(30)16(3)28(14-17-5-6-19(25)13-21(17)26)22(29)11-12-31-20-9-7-18(24)8-10-20/h5-10,13,15-16H,4,11-12,14H2,1-3H3,(H,27,30)/t15-,16+/m0/s1. The average molecular weight is 502 g/mol. The number of nitrogens with zero attached hydrogens (tertiary/aromatic N) is 1. The van der Waals surface area contributed by atoms with Crippen LogP contribution in [0.15, 0.2) is 47.4 Å². The lowest BCUT2D eigenvalue weighted by Crippen LogP contribution is -2.49. The zero-order valence-corrected chi connectivity index (χ0v) is 20.9. The van der Waals surface area contributed by atoms with Crippen molar-refractivity contribution < 1.29 is 9.59 Å². The van der Waals surface area contributed by atoms with Crippen molar-refractivity contribution >= 4 is 58.4 Å². The number of carbonyl (C=O) groups excluding carboxylic acids is 2. The van der Waals surface area contributed by atoms with Crippen LogP contribution in [0.5, 0.6) is 0 Å². The molecule has 2 aromatic rings. The molecule has 1 N–H and O–H groups in total. The van der Waals surface area contributed by atoms with Crippen LogP contribution in [0.3, 0.4) is 0 Å². The number of nitrogens with one attached hydrogen (secondary N) is 1. The molecule has 0 bridgehead atoms. The van der Waals surface area contributed by atoms with E-state index in [0.717, 1.165) is 16.9 Å². The van der Waals surface area contributed by atoms with Gasteiger partial charge in [-0.25, -0.2) is 0 Å². The molecule has 0 unspecified atom stereocenters. The quantitative estimate of drug-likeness (QED) is 0.380. The van der Waals surface area contributed by atoms with E-state index in [1.165, 1.54) is 0 Å². The monoisotopic (exact) mass is 500 g/mol. The minimum Gasteiger partial charge on any atom is -0.352 e. The fraction of sp³-hybridized carbons (Fsp3) is 0.391. The van der Waals surface area contributed by atoms with Gasteiger partial charge in [-0.05, 0) is 62.2 Å². The molecule has 2 amide bonds. The summed E-state index contributed by atoms with van der Waals surface area (Å²) in [5.74, 6) is 0.294. The first-order valence-electron chi connectivity index (χ1n) is 10.1. The van der Waals surface area contributed by atoms with Crippen LogP contribution in [-0.2, 0) is 16.1 Å². The Hall–Kier alpha value is -1.40. The summed E-state index contributed by atoms with van der Waals surface area (Å²) in [6, 6.07) is 12.0. The highest BCUT2D eigenvalue weighted by molar-refractivity contribution is 7.99. The summed E-state index contributed by atoms with van der Waals surface area (Å²) in [5.41, 5.74) is 0.743. The lowest BCUT2D eigenvalue weighted by molar-refractivity contribution is -0.140. The third-order valence-corrected chi connectivity index (χ3v) is 6.78. The molecule has 0 aliphatic heterocycles. The number of rotatable bonds is 10. The Morgan fingerprint density at radius 2 is 1.68 bits per heavy atom. The van der Waals surface area contributed by atoms with Crippen molar-refractivity contribution in [2.24, 2.45) is 0 Å². The van der Waals surface area contributed by atoms with Gasteiger partial charge in [0, 0.05) is 44.7 Å². The summed E-state index contributed by atoms with van der Waals surface area (Å²) >= 11 is 19.8. The molecular formula is C23H27Cl3N2O2S.